The van der Waals surface area contributed by atoms with E-state index in [1.807, 2.05) is 12.1 Å². The highest BCUT2D eigenvalue weighted by Crippen LogP contribution is 2.23. The summed E-state index contributed by atoms with van der Waals surface area (Å²) in [7, 11) is -3.43. The Bertz CT molecular complexity index is 888. The van der Waals surface area contributed by atoms with Crippen LogP contribution in [-0.4, -0.2) is 36.8 Å². The van der Waals surface area contributed by atoms with Crippen molar-refractivity contribution in [3.63, 3.8) is 0 Å². The molecular formula is C19H26IN5O2S. The summed E-state index contributed by atoms with van der Waals surface area (Å²) < 4.78 is 27.1. The van der Waals surface area contributed by atoms with E-state index in [4.69, 9.17) is 5.73 Å². The summed E-state index contributed by atoms with van der Waals surface area (Å²) in [6.07, 6.45) is 3.66. The number of pyridine rings is 1. The zero-order valence-electron chi connectivity index (χ0n) is 15.8. The van der Waals surface area contributed by atoms with Crippen molar-refractivity contribution in [2.45, 2.75) is 31.2 Å². The molecule has 1 aliphatic rings. The Labute approximate surface area is 183 Å². The normalized spacial score (nSPS) is 18.3. The van der Waals surface area contributed by atoms with Gasteiger partial charge in [-0.3, -0.25) is 0 Å². The highest BCUT2D eigenvalue weighted by Gasteiger charge is 2.28. The van der Waals surface area contributed by atoms with Crippen molar-refractivity contribution in [2.24, 2.45) is 16.6 Å². The summed E-state index contributed by atoms with van der Waals surface area (Å²) in [5, 5.41) is 2.91. The molecule has 1 aromatic carbocycles. The summed E-state index contributed by atoms with van der Waals surface area (Å²) >= 11 is 0. The maximum absolute atomic E-state index is 12.8. The second kappa shape index (κ2) is 10.2. The first-order valence-corrected chi connectivity index (χ1v) is 10.5. The van der Waals surface area contributed by atoms with E-state index in [-0.39, 0.29) is 29.9 Å². The highest BCUT2D eigenvalue weighted by atomic mass is 127. The first-order valence-electron chi connectivity index (χ1n) is 9.02. The maximum atomic E-state index is 12.8. The van der Waals surface area contributed by atoms with Crippen molar-refractivity contribution >= 4 is 45.8 Å². The molecule has 7 nitrogen and oxygen atoms in total. The zero-order valence-corrected chi connectivity index (χ0v) is 18.9. The lowest BCUT2D eigenvalue weighted by molar-refractivity contribution is 0.281. The minimum atomic E-state index is -3.43. The Balaban J connectivity index is 0.00000280. The van der Waals surface area contributed by atoms with Crippen molar-refractivity contribution in [1.29, 1.82) is 0 Å². The number of benzene rings is 1. The van der Waals surface area contributed by atoms with E-state index in [1.54, 1.807) is 40.8 Å². The van der Waals surface area contributed by atoms with Crippen LogP contribution in [0.1, 0.15) is 25.3 Å². The van der Waals surface area contributed by atoms with E-state index in [0.29, 0.717) is 36.3 Å². The van der Waals surface area contributed by atoms with Crippen LogP contribution in [0.4, 0.5) is 5.82 Å². The lowest BCUT2D eigenvalue weighted by Gasteiger charge is -2.30. The zero-order chi connectivity index (χ0) is 19.3. The van der Waals surface area contributed by atoms with Crippen LogP contribution in [0.15, 0.2) is 58.5 Å². The number of halogens is 1. The molecule has 1 aromatic heterocycles. The number of nitrogens with two attached hydrogens (primary N) is 1. The molecule has 2 heterocycles. The lowest BCUT2D eigenvalue weighted by atomic mass is 10.0. The first kappa shape index (κ1) is 22.6. The fourth-order valence-electron chi connectivity index (χ4n) is 3.06. The number of rotatable bonds is 5. The topological polar surface area (TPSA) is 101 Å². The Morgan fingerprint density at radius 1 is 1.29 bits per heavy atom. The van der Waals surface area contributed by atoms with Gasteiger partial charge in [-0.05, 0) is 48.6 Å². The third-order valence-corrected chi connectivity index (χ3v) is 6.41. The van der Waals surface area contributed by atoms with Crippen LogP contribution in [0.25, 0.3) is 0 Å². The molecule has 0 aliphatic carbocycles. The predicted molar refractivity (Wildman–Crippen MR) is 122 cm³/mol. The first-order chi connectivity index (χ1) is 12.9. The summed E-state index contributed by atoms with van der Waals surface area (Å²) in [4.78, 5) is 8.71. The molecule has 3 rings (SSSR count). The van der Waals surface area contributed by atoms with Crippen molar-refractivity contribution in [3.8, 4) is 0 Å². The number of guanidine groups is 1. The summed E-state index contributed by atoms with van der Waals surface area (Å²) in [5.74, 6) is 1.28. The smallest absolute Gasteiger partial charge is 0.243 e. The van der Waals surface area contributed by atoms with Gasteiger partial charge in [0.1, 0.15) is 5.82 Å². The Morgan fingerprint density at radius 2 is 2.04 bits per heavy atom. The fourth-order valence-corrected chi connectivity index (χ4v) is 4.66. The molecule has 1 fully saturated rings. The van der Waals surface area contributed by atoms with Gasteiger partial charge in [0.15, 0.2) is 5.96 Å². The predicted octanol–water partition coefficient (Wildman–Crippen LogP) is 3.05. The van der Waals surface area contributed by atoms with Gasteiger partial charge in [0.2, 0.25) is 10.0 Å². The van der Waals surface area contributed by atoms with Crippen LogP contribution in [0, 0.1) is 5.92 Å². The van der Waals surface area contributed by atoms with Crippen LogP contribution < -0.4 is 11.1 Å². The largest absolute Gasteiger partial charge is 0.370 e. The monoisotopic (exact) mass is 515 g/mol. The van der Waals surface area contributed by atoms with Gasteiger partial charge < -0.3 is 11.1 Å². The van der Waals surface area contributed by atoms with E-state index < -0.39 is 10.0 Å². The van der Waals surface area contributed by atoms with Crippen LogP contribution in [0.2, 0.25) is 0 Å². The minimum Gasteiger partial charge on any atom is -0.370 e. The molecule has 0 radical (unpaired) electrons. The molecule has 1 aliphatic heterocycles. The van der Waals surface area contributed by atoms with Gasteiger partial charge in [-0.1, -0.05) is 25.1 Å². The number of anilines is 1. The van der Waals surface area contributed by atoms with Gasteiger partial charge in [-0.2, -0.15) is 4.31 Å². The van der Waals surface area contributed by atoms with Crippen molar-refractivity contribution in [1.82, 2.24) is 9.29 Å². The third-order valence-electron chi connectivity index (χ3n) is 4.53. The lowest BCUT2D eigenvalue weighted by Crippen LogP contribution is -2.39. The SMILES string of the molecule is CC1CCCN(S(=O)(=O)c2ccc(CN=C(N)Nc3ccccn3)cc2)C1.I. The standard InChI is InChI=1S/C19H25N5O2S.HI/c1-15-5-4-12-24(14-15)27(25,26)17-9-7-16(8-10-17)13-22-19(20)23-18-6-2-3-11-21-18;/h2-3,6-11,15H,4-5,12-14H2,1H3,(H3,20,21,22,23);1H. The van der Waals surface area contributed by atoms with Gasteiger partial charge in [0.05, 0.1) is 11.4 Å². The van der Waals surface area contributed by atoms with E-state index in [1.165, 1.54) is 0 Å². The van der Waals surface area contributed by atoms with Gasteiger partial charge in [0, 0.05) is 19.3 Å². The van der Waals surface area contributed by atoms with Crippen molar-refractivity contribution in [2.75, 3.05) is 18.4 Å². The highest BCUT2D eigenvalue weighted by molar-refractivity contribution is 14.0. The van der Waals surface area contributed by atoms with E-state index in [0.717, 1.165) is 18.4 Å². The third kappa shape index (κ3) is 5.89. The fraction of sp³-hybridized carbons (Fsp3) is 0.368. The average molecular weight is 515 g/mol. The number of hydrogen-bond donors (Lipinski definition) is 2. The number of piperidine rings is 1. The molecule has 1 atom stereocenters. The van der Waals surface area contributed by atoms with Gasteiger partial charge in [0.25, 0.3) is 0 Å². The second-order valence-electron chi connectivity index (χ2n) is 6.80. The molecule has 0 amide bonds. The molecule has 0 saturated carbocycles. The van der Waals surface area contributed by atoms with E-state index in [2.05, 4.69) is 22.2 Å². The molecular weight excluding hydrogens is 489 g/mol. The molecule has 0 bridgehead atoms. The van der Waals surface area contributed by atoms with Gasteiger partial charge >= 0.3 is 0 Å². The molecule has 1 unspecified atom stereocenters. The molecule has 3 N–H and O–H groups in total. The van der Waals surface area contributed by atoms with Crippen LogP contribution in [0.5, 0.6) is 0 Å². The Morgan fingerprint density at radius 3 is 2.68 bits per heavy atom. The Hall–Kier alpha value is -1.72. The maximum Gasteiger partial charge on any atom is 0.243 e. The number of nitrogens with one attached hydrogen (secondary N) is 1. The summed E-state index contributed by atoms with van der Waals surface area (Å²) in [6, 6.07) is 12.3. The quantitative estimate of drug-likeness (QED) is 0.362. The van der Waals surface area contributed by atoms with Gasteiger partial charge in [-0.25, -0.2) is 18.4 Å². The molecule has 152 valence electrons. The van der Waals surface area contributed by atoms with E-state index >= 15 is 0 Å². The number of aromatic nitrogens is 1. The van der Waals surface area contributed by atoms with Gasteiger partial charge in [-0.15, -0.1) is 24.0 Å². The van der Waals surface area contributed by atoms with Crippen molar-refractivity contribution < 1.29 is 8.42 Å². The summed E-state index contributed by atoms with van der Waals surface area (Å²) in [6.45, 7) is 3.62. The van der Waals surface area contributed by atoms with Crippen molar-refractivity contribution in [3.05, 3.63) is 54.2 Å². The number of aliphatic imine (C=N–C) groups is 1. The van der Waals surface area contributed by atoms with Crippen LogP contribution >= 0.6 is 24.0 Å². The molecule has 1 saturated heterocycles. The molecule has 0 spiro atoms. The molecule has 9 heteroatoms. The second-order valence-corrected chi connectivity index (χ2v) is 8.73. The number of sulfonamides is 1. The minimum absolute atomic E-state index is 0. The Kier molecular flexibility index (Phi) is 8.20. The van der Waals surface area contributed by atoms with Crippen LogP contribution in [-0.2, 0) is 16.6 Å². The number of hydrogen-bond acceptors (Lipinski definition) is 4. The number of nitrogens with zero attached hydrogens (tertiary/aromatic N) is 3. The molecule has 2 aromatic rings. The van der Waals surface area contributed by atoms with Crippen LogP contribution in [0.3, 0.4) is 0 Å². The van der Waals surface area contributed by atoms with E-state index in [9.17, 15) is 8.42 Å². The molecule has 28 heavy (non-hydrogen) atoms. The average Bonchev–Trinajstić information content (AvgIpc) is 2.67. The summed E-state index contributed by atoms with van der Waals surface area (Å²) in [5.41, 5.74) is 6.74.